The molecule has 0 unspecified atom stereocenters. The number of halogens is 1. The highest BCUT2D eigenvalue weighted by Gasteiger charge is 2.12. The molecule has 0 aliphatic rings. The van der Waals surface area contributed by atoms with Gasteiger partial charge in [-0.2, -0.15) is 0 Å². The van der Waals surface area contributed by atoms with Crippen LogP contribution in [0.15, 0.2) is 52.4 Å². The number of rotatable bonds is 5. The van der Waals surface area contributed by atoms with Gasteiger partial charge in [0.1, 0.15) is 0 Å². The molecule has 0 atom stereocenters. The summed E-state index contributed by atoms with van der Waals surface area (Å²) >= 11 is 3.27. The zero-order valence-electron chi connectivity index (χ0n) is 9.45. The Bertz CT molecular complexity index is 594. The molecule has 18 heavy (non-hydrogen) atoms. The first kappa shape index (κ1) is 13.3. The summed E-state index contributed by atoms with van der Waals surface area (Å²) in [6.07, 6.45) is 5.09. The average Bonchev–Trinajstić information content (AvgIpc) is 2.82. The van der Waals surface area contributed by atoms with Crippen LogP contribution in [0.1, 0.15) is 0 Å². The van der Waals surface area contributed by atoms with Gasteiger partial charge in [0.25, 0.3) is 0 Å². The van der Waals surface area contributed by atoms with Gasteiger partial charge in [0, 0.05) is 30.0 Å². The monoisotopic (exact) mass is 329 g/mol. The van der Waals surface area contributed by atoms with Crippen molar-refractivity contribution in [3.05, 3.63) is 47.5 Å². The van der Waals surface area contributed by atoms with Crippen LogP contribution in [0.3, 0.4) is 0 Å². The first-order chi connectivity index (χ1) is 8.58. The van der Waals surface area contributed by atoms with Gasteiger partial charge in [-0.1, -0.05) is 15.9 Å². The van der Waals surface area contributed by atoms with E-state index in [-0.39, 0.29) is 4.90 Å². The summed E-state index contributed by atoms with van der Waals surface area (Å²) in [5.41, 5.74) is 0. The van der Waals surface area contributed by atoms with Crippen LogP contribution in [0.2, 0.25) is 0 Å². The third-order valence-electron chi connectivity index (χ3n) is 2.35. The summed E-state index contributed by atoms with van der Waals surface area (Å²) in [5.74, 6) is 0. The standard InChI is InChI=1S/C11H12BrN3O2S/c12-10-1-3-11(4-2-10)18(16,17)14-6-8-15-7-5-13-9-15/h1-5,7,9,14H,6,8H2. The molecular weight excluding hydrogens is 318 g/mol. The zero-order valence-corrected chi connectivity index (χ0v) is 11.9. The predicted molar refractivity (Wildman–Crippen MR) is 71.6 cm³/mol. The fourth-order valence-corrected chi connectivity index (χ4v) is 2.71. The van der Waals surface area contributed by atoms with E-state index in [9.17, 15) is 8.42 Å². The Morgan fingerprint density at radius 3 is 2.61 bits per heavy atom. The van der Waals surface area contributed by atoms with Gasteiger partial charge in [-0.3, -0.25) is 0 Å². The van der Waals surface area contributed by atoms with Crippen molar-refractivity contribution in [3.8, 4) is 0 Å². The molecule has 0 spiro atoms. The maximum atomic E-state index is 11.9. The minimum Gasteiger partial charge on any atom is -0.336 e. The maximum absolute atomic E-state index is 11.9. The Morgan fingerprint density at radius 2 is 2.00 bits per heavy atom. The van der Waals surface area contributed by atoms with E-state index in [0.29, 0.717) is 13.1 Å². The minimum atomic E-state index is -3.43. The molecule has 0 fully saturated rings. The van der Waals surface area contributed by atoms with Crippen LogP contribution in [0.25, 0.3) is 0 Å². The molecule has 7 heteroatoms. The van der Waals surface area contributed by atoms with Crippen molar-refractivity contribution < 1.29 is 8.42 Å². The van der Waals surface area contributed by atoms with Crippen molar-refractivity contribution >= 4 is 26.0 Å². The third-order valence-corrected chi connectivity index (χ3v) is 4.35. The van der Waals surface area contributed by atoms with E-state index < -0.39 is 10.0 Å². The van der Waals surface area contributed by atoms with Crippen molar-refractivity contribution in [1.82, 2.24) is 14.3 Å². The van der Waals surface area contributed by atoms with Gasteiger partial charge in [-0.15, -0.1) is 0 Å². The number of imidazole rings is 1. The third kappa shape index (κ3) is 3.41. The Kier molecular flexibility index (Phi) is 4.15. The number of sulfonamides is 1. The Morgan fingerprint density at radius 1 is 1.28 bits per heavy atom. The van der Waals surface area contributed by atoms with Crippen molar-refractivity contribution in [2.24, 2.45) is 0 Å². The number of benzene rings is 1. The van der Waals surface area contributed by atoms with Crippen LogP contribution in [0.4, 0.5) is 0 Å². The van der Waals surface area contributed by atoms with E-state index in [1.807, 2.05) is 4.57 Å². The van der Waals surface area contributed by atoms with Crippen molar-refractivity contribution in [2.75, 3.05) is 6.54 Å². The second kappa shape index (κ2) is 5.64. The highest BCUT2D eigenvalue weighted by atomic mass is 79.9. The normalized spacial score (nSPS) is 11.6. The quantitative estimate of drug-likeness (QED) is 0.906. The van der Waals surface area contributed by atoms with Gasteiger partial charge in [-0.25, -0.2) is 18.1 Å². The summed E-state index contributed by atoms with van der Waals surface area (Å²) in [6.45, 7) is 0.879. The lowest BCUT2D eigenvalue weighted by Gasteiger charge is -2.07. The second-order valence-corrected chi connectivity index (χ2v) is 6.33. The topological polar surface area (TPSA) is 64.0 Å². The number of hydrogen-bond acceptors (Lipinski definition) is 3. The zero-order chi connectivity index (χ0) is 13.0. The molecule has 0 aliphatic heterocycles. The molecule has 0 aliphatic carbocycles. The Hall–Kier alpha value is -1.18. The minimum absolute atomic E-state index is 0.260. The van der Waals surface area contributed by atoms with Gasteiger partial charge < -0.3 is 4.57 Å². The van der Waals surface area contributed by atoms with Crippen LogP contribution in [0.5, 0.6) is 0 Å². The van der Waals surface area contributed by atoms with E-state index in [1.54, 1.807) is 43.0 Å². The summed E-state index contributed by atoms with van der Waals surface area (Å²) < 4.78 is 29.0. The van der Waals surface area contributed by atoms with Crippen LogP contribution < -0.4 is 4.72 Å². The predicted octanol–water partition coefficient (Wildman–Crippen LogP) is 1.62. The molecule has 1 heterocycles. The number of hydrogen-bond donors (Lipinski definition) is 1. The highest BCUT2D eigenvalue weighted by Crippen LogP contribution is 2.14. The number of nitrogens with zero attached hydrogens (tertiary/aromatic N) is 2. The largest absolute Gasteiger partial charge is 0.336 e. The maximum Gasteiger partial charge on any atom is 0.240 e. The summed E-state index contributed by atoms with van der Waals surface area (Å²) in [6, 6.07) is 6.52. The first-order valence-corrected chi connectivity index (χ1v) is 7.56. The number of aromatic nitrogens is 2. The van der Waals surface area contributed by atoms with Crippen LogP contribution >= 0.6 is 15.9 Å². The fraction of sp³-hybridized carbons (Fsp3) is 0.182. The van der Waals surface area contributed by atoms with E-state index in [2.05, 4.69) is 25.6 Å². The summed E-state index contributed by atoms with van der Waals surface area (Å²) in [5, 5.41) is 0. The average molecular weight is 330 g/mol. The van der Waals surface area contributed by atoms with Crippen LogP contribution in [-0.4, -0.2) is 24.5 Å². The molecule has 1 N–H and O–H groups in total. The van der Waals surface area contributed by atoms with Gasteiger partial charge in [0.15, 0.2) is 0 Å². The van der Waals surface area contributed by atoms with Gasteiger partial charge >= 0.3 is 0 Å². The van der Waals surface area contributed by atoms with Crippen LogP contribution in [0, 0.1) is 0 Å². The summed E-state index contributed by atoms with van der Waals surface area (Å²) in [7, 11) is -3.43. The molecule has 2 rings (SSSR count). The number of nitrogens with one attached hydrogen (secondary N) is 1. The molecule has 1 aromatic carbocycles. The molecule has 0 amide bonds. The summed E-state index contributed by atoms with van der Waals surface area (Å²) in [4.78, 5) is 4.15. The molecule has 0 radical (unpaired) electrons. The van der Waals surface area contributed by atoms with E-state index in [0.717, 1.165) is 4.47 Å². The molecule has 0 saturated heterocycles. The van der Waals surface area contributed by atoms with Gasteiger partial charge in [-0.05, 0) is 24.3 Å². The van der Waals surface area contributed by atoms with E-state index in [1.165, 1.54) is 0 Å². The van der Waals surface area contributed by atoms with E-state index >= 15 is 0 Å². The molecule has 0 saturated carbocycles. The Balaban J connectivity index is 1.97. The first-order valence-electron chi connectivity index (χ1n) is 5.29. The lowest BCUT2D eigenvalue weighted by atomic mass is 10.4. The SMILES string of the molecule is O=S(=O)(NCCn1ccnc1)c1ccc(Br)cc1. The molecular formula is C11H12BrN3O2S. The molecule has 2 aromatic rings. The van der Waals surface area contributed by atoms with Gasteiger partial charge in [0.2, 0.25) is 10.0 Å². The lowest BCUT2D eigenvalue weighted by molar-refractivity contribution is 0.573. The fourth-order valence-electron chi connectivity index (χ4n) is 1.43. The smallest absolute Gasteiger partial charge is 0.240 e. The van der Waals surface area contributed by atoms with Crippen molar-refractivity contribution in [3.63, 3.8) is 0 Å². The molecule has 1 aromatic heterocycles. The van der Waals surface area contributed by atoms with Gasteiger partial charge in [0.05, 0.1) is 11.2 Å². The molecule has 0 bridgehead atoms. The van der Waals surface area contributed by atoms with Crippen molar-refractivity contribution in [2.45, 2.75) is 11.4 Å². The second-order valence-electron chi connectivity index (χ2n) is 3.65. The van der Waals surface area contributed by atoms with Crippen LogP contribution in [-0.2, 0) is 16.6 Å². The van der Waals surface area contributed by atoms with E-state index in [4.69, 9.17) is 0 Å². The highest BCUT2D eigenvalue weighted by molar-refractivity contribution is 9.10. The van der Waals surface area contributed by atoms with Crippen molar-refractivity contribution in [1.29, 1.82) is 0 Å². The Labute approximate surface area is 114 Å². The molecule has 96 valence electrons. The lowest BCUT2D eigenvalue weighted by Crippen LogP contribution is -2.27. The molecule has 5 nitrogen and oxygen atoms in total.